The van der Waals surface area contributed by atoms with Crippen LogP contribution in [0, 0.1) is 0 Å². The number of carbonyl (C=O) groups excluding carboxylic acids is 4. The lowest BCUT2D eigenvalue weighted by Gasteiger charge is -2.30. The predicted octanol–water partition coefficient (Wildman–Crippen LogP) is 3.56. The third-order valence-electron chi connectivity index (χ3n) is 6.35. The molecule has 0 aliphatic carbocycles. The molecule has 3 aromatic rings. The molecule has 11 heteroatoms. The van der Waals surface area contributed by atoms with Crippen LogP contribution in [0.3, 0.4) is 0 Å². The normalized spacial score (nSPS) is 11.5. The first-order valence-corrected chi connectivity index (χ1v) is 13.5. The minimum Gasteiger partial charge on any atom is -0.497 e. The molecule has 0 fully saturated rings. The summed E-state index contributed by atoms with van der Waals surface area (Å²) in [6, 6.07) is 17.1. The fraction of sp³-hybridized carbons (Fsp3) is 0.290. The first kappa shape index (κ1) is 31.5. The summed E-state index contributed by atoms with van der Waals surface area (Å²) in [4.78, 5) is 53.7. The van der Waals surface area contributed by atoms with E-state index in [1.165, 1.54) is 19.3 Å². The number of hydrogen-bond acceptors (Lipinski definition) is 7. The monoisotopic (exact) mass is 576 g/mol. The van der Waals surface area contributed by atoms with Gasteiger partial charge >= 0.3 is 5.97 Å². The number of benzene rings is 2. The molecular formula is C31H36N4O7. The van der Waals surface area contributed by atoms with E-state index < -0.39 is 29.7 Å². The fourth-order valence-electron chi connectivity index (χ4n) is 4.21. The molecule has 222 valence electrons. The summed E-state index contributed by atoms with van der Waals surface area (Å²) in [6.07, 6.45) is 3.04. The summed E-state index contributed by atoms with van der Waals surface area (Å²) in [7, 11) is 3.09. The number of H-pyrrole nitrogens is 1. The summed E-state index contributed by atoms with van der Waals surface area (Å²) in [6.45, 7) is 1.83. The summed E-state index contributed by atoms with van der Waals surface area (Å²) in [5.74, 6) is -1.06. The number of nitrogens with two attached hydrogens (primary N) is 1. The molecule has 0 bridgehead atoms. The Morgan fingerprint density at radius 3 is 2.43 bits per heavy atom. The van der Waals surface area contributed by atoms with Gasteiger partial charge in [0.05, 0.1) is 26.9 Å². The highest BCUT2D eigenvalue weighted by molar-refractivity contribution is 5.95. The van der Waals surface area contributed by atoms with E-state index in [9.17, 15) is 19.2 Å². The summed E-state index contributed by atoms with van der Waals surface area (Å²) in [5, 5.41) is 1.14. The van der Waals surface area contributed by atoms with Crippen molar-refractivity contribution in [3.63, 3.8) is 0 Å². The maximum Gasteiger partial charge on any atom is 0.330 e. The standard InChI is InChI=1S/C31H36N4O7/c1-4-42-30(38)19-12-22(11-17-28(32)36)35(29(37)18-10-21-8-6-5-7-9-21)34-31(39)26-15-14-25(33-26)24-20-23(40-2)13-16-27(24)41-3/h5-9,12-16,19-20,22,33H,4,10-11,17-18H2,1-3H3,(H2,32,36)(H,34,39)/t22-/m0/s1. The molecule has 1 aromatic heterocycles. The number of ether oxygens (including phenoxy) is 3. The topological polar surface area (TPSA) is 153 Å². The number of amides is 3. The molecule has 11 nitrogen and oxygen atoms in total. The molecule has 0 saturated heterocycles. The number of hydrazine groups is 1. The Hall–Kier alpha value is -5.06. The van der Waals surface area contributed by atoms with Crippen molar-refractivity contribution >= 4 is 23.7 Å². The van der Waals surface area contributed by atoms with Crippen LogP contribution in [0.5, 0.6) is 11.5 Å². The second-order valence-electron chi connectivity index (χ2n) is 9.23. The molecule has 0 aliphatic rings. The number of aryl methyl sites for hydroxylation is 1. The van der Waals surface area contributed by atoms with Crippen LogP contribution in [-0.2, 0) is 25.5 Å². The van der Waals surface area contributed by atoms with Gasteiger partial charge in [-0.25, -0.2) is 9.80 Å². The lowest BCUT2D eigenvalue weighted by Crippen LogP contribution is -2.51. The smallest absolute Gasteiger partial charge is 0.330 e. The molecule has 4 N–H and O–H groups in total. The van der Waals surface area contributed by atoms with E-state index in [0.29, 0.717) is 29.2 Å². The molecule has 2 aromatic carbocycles. The number of rotatable bonds is 14. The number of hydrogen-bond donors (Lipinski definition) is 3. The molecule has 1 heterocycles. The molecule has 0 spiro atoms. The molecule has 0 saturated carbocycles. The van der Waals surface area contributed by atoms with Gasteiger partial charge in [0.25, 0.3) is 5.91 Å². The van der Waals surface area contributed by atoms with Crippen LogP contribution in [0.1, 0.15) is 42.2 Å². The van der Waals surface area contributed by atoms with Crippen molar-refractivity contribution in [2.45, 2.75) is 38.6 Å². The van der Waals surface area contributed by atoms with Crippen molar-refractivity contribution < 1.29 is 33.4 Å². The van der Waals surface area contributed by atoms with Crippen molar-refractivity contribution in [1.82, 2.24) is 15.4 Å². The number of nitrogens with one attached hydrogen (secondary N) is 2. The predicted molar refractivity (Wildman–Crippen MR) is 156 cm³/mol. The Morgan fingerprint density at radius 2 is 1.76 bits per heavy atom. The van der Waals surface area contributed by atoms with E-state index in [1.54, 1.807) is 44.4 Å². The Balaban J connectivity index is 1.90. The first-order chi connectivity index (χ1) is 20.2. The molecule has 0 unspecified atom stereocenters. The molecule has 3 rings (SSSR count). The number of carbonyl (C=O) groups is 4. The number of aromatic amines is 1. The van der Waals surface area contributed by atoms with Crippen LogP contribution < -0.4 is 20.6 Å². The van der Waals surface area contributed by atoms with Gasteiger partial charge in [0.15, 0.2) is 0 Å². The van der Waals surface area contributed by atoms with E-state index in [-0.39, 0.29) is 31.6 Å². The number of aromatic nitrogens is 1. The zero-order valence-electron chi connectivity index (χ0n) is 23.9. The Morgan fingerprint density at radius 1 is 1.00 bits per heavy atom. The Kier molecular flexibility index (Phi) is 11.7. The summed E-state index contributed by atoms with van der Waals surface area (Å²) in [5.41, 5.74) is 10.4. The van der Waals surface area contributed by atoms with Crippen LogP contribution in [0.4, 0.5) is 0 Å². The van der Waals surface area contributed by atoms with E-state index in [2.05, 4.69) is 10.4 Å². The van der Waals surface area contributed by atoms with Gasteiger partial charge in [-0.1, -0.05) is 36.4 Å². The highest BCUT2D eigenvalue weighted by atomic mass is 16.5. The van der Waals surface area contributed by atoms with Gasteiger partial charge in [-0.2, -0.15) is 0 Å². The number of primary amides is 1. The molecule has 1 atom stereocenters. The SMILES string of the molecule is CCOC(=O)C=C[C@H](CCC(N)=O)N(NC(=O)c1ccc(-c2cc(OC)ccc2OC)[nH]1)C(=O)CCc1ccccc1. The largest absolute Gasteiger partial charge is 0.497 e. The number of methoxy groups -OCH3 is 2. The first-order valence-electron chi connectivity index (χ1n) is 13.5. The Bertz CT molecular complexity index is 1400. The third-order valence-corrected chi connectivity index (χ3v) is 6.35. The lowest BCUT2D eigenvalue weighted by molar-refractivity contribution is -0.138. The van der Waals surface area contributed by atoms with Gasteiger partial charge in [0.2, 0.25) is 11.8 Å². The third kappa shape index (κ3) is 8.98. The van der Waals surface area contributed by atoms with Gasteiger partial charge in [-0.15, -0.1) is 0 Å². The zero-order chi connectivity index (χ0) is 30.5. The van der Waals surface area contributed by atoms with E-state index in [0.717, 1.165) is 10.6 Å². The molecule has 0 aliphatic heterocycles. The van der Waals surface area contributed by atoms with Crippen LogP contribution in [0.25, 0.3) is 11.3 Å². The second-order valence-corrected chi connectivity index (χ2v) is 9.23. The van der Waals surface area contributed by atoms with Gasteiger partial charge < -0.3 is 24.9 Å². The average Bonchev–Trinajstić information content (AvgIpc) is 3.49. The highest BCUT2D eigenvalue weighted by Gasteiger charge is 2.26. The van der Waals surface area contributed by atoms with Crippen LogP contribution in [-0.4, -0.2) is 60.6 Å². The lowest BCUT2D eigenvalue weighted by atomic mass is 10.1. The van der Waals surface area contributed by atoms with E-state index in [4.69, 9.17) is 19.9 Å². The van der Waals surface area contributed by atoms with Crippen LogP contribution in [0.15, 0.2) is 72.8 Å². The van der Waals surface area contributed by atoms with E-state index >= 15 is 0 Å². The maximum atomic E-state index is 13.5. The van der Waals surface area contributed by atoms with Gasteiger partial charge in [-0.3, -0.25) is 19.8 Å². The second kappa shape index (κ2) is 15.7. The van der Waals surface area contributed by atoms with Crippen molar-refractivity contribution in [2.24, 2.45) is 5.73 Å². The molecule has 3 amide bonds. The maximum absolute atomic E-state index is 13.5. The van der Waals surface area contributed by atoms with Crippen LogP contribution in [0.2, 0.25) is 0 Å². The van der Waals surface area contributed by atoms with Gasteiger partial charge in [0, 0.05) is 30.2 Å². The van der Waals surface area contributed by atoms with E-state index in [1.807, 2.05) is 30.3 Å². The van der Waals surface area contributed by atoms with Crippen molar-refractivity contribution in [3.05, 3.63) is 84.1 Å². The number of esters is 1. The quantitative estimate of drug-likeness (QED) is 0.151. The molecule has 42 heavy (non-hydrogen) atoms. The average molecular weight is 577 g/mol. The number of nitrogens with zero attached hydrogens (tertiary/aromatic N) is 1. The van der Waals surface area contributed by atoms with Crippen molar-refractivity contribution in [1.29, 1.82) is 0 Å². The zero-order valence-corrected chi connectivity index (χ0v) is 23.9. The molecular weight excluding hydrogens is 540 g/mol. The minimum atomic E-state index is -0.859. The van der Waals surface area contributed by atoms with Gasteiger partial charge in [0.1, 0.15) is 17.2 Å². The molecule has 0 radical (unpaired) electrons. The minimum absolute atomic E-state index is 0.0571. The summed E-state index contributed by atoms with van der Waals surface area (Å²) >= 11 is 0. The summed E-state index contributed by atoms with van der Waals surface area (Å²) < 4.78 is 15.7. The van der Waals surface area contributed by atoms with Crippen molar-refractivity contribution in [2.75, 3.05) is 20.8 Å². The van der Waals surface area contributed by atoms with Gasteiger partial charge in [-0.05, 0) is 55.7 Å². The fourth-order valence-corrected chi connectivity index (χ4v) is 4.21. The van der Waals surface area contributed by atoms with Crippen LogP contribution >= 0.6 is 0 Å². The highest BCUT2D eigenvalue weighted by Crippen LogP contribution is 2.32. The van der Waals surface area contributed by atoms with Crippen molar-refractivity contribution in [3.8, 4) is 22.8 Å². The Labute approximate surface area is 244 Å².